The van der Waals surface area contributed by atoms with E-state index >= 15 is 0 Å². The molecule has 0 unspecified atom stereocenters. The Labute approximate surface area is 357 Å². The molecule has 0 atom stereocenters. The van der Waals surface area contributed by atoms with E-state index in [0.717, 1.165) is 67.0 Å². The third-order valence-corrected chi connectivity index (χ3v) is 12.1. The molecule has 0 amide bonds. The van der Waals surface area contributed by atoms with Gasteiger partial charge in [-0.3, -0.25) is 0 Å². The maximum absolute atomic E-state index is 5.16. The molecule has 0 saturated heterocycles. The number of benzene rings is 8. The van der Waals surface area contributed by atoms with Crippen LogP contribution in [-0.4, -0.2) is 24.9 Å². The molecule has 0 aliphatic carbocycles. The fourth-order valence-corrected chi connectivity index (χ4v) is 9.12. The van der Waals surface area contributed by atoms with E-state index in [0.29, 0.717) is 23.3 Å². The van der Waals surface area contributed by atoms with Crippen LogP contribution in [-0.2, 0) is 0 Å². The number of thiophene rings is 1. The van der Waals surface area contributed by atoms with Crippen molar-refractivity contribution in [2.45, 2.75) is 0 Å². The lowest BCUT2D eigenvalue weighted by atomic mass is 9.94. The van der Waals surface area contributed by atoms with Gasteiger partial charge in [-0.15, -0.1) is 11.3 Å². The second kappa shape index (κ2) is 15.7. The normalized spacial score (nSPS) is 11.3. The van der Waals surface area contributed by atoms with E-state index in [1.807, 2.05) is 108 Å². The van der Waals surface area contributed by atoms with Crippen LogP contribution in [0.25, 0.3) is 110 Å². The number of hydrogen-bond donors (Lipinski definition) is 0. The van der Waals surface area contributed by atoms with Crippen LogP contribution < -0.4 is 0 Å². The van der Waals surface area contributed by atoms with E-state index in [9.17, 15) is 0 Å². The van der Waals surface area contributed by atoms with Crippen molar-refractivity contribution in [2.75, 3.05) is 0 Å². The second-order valence-corrected chi connectivity index (χ2v) is 15.9. The van der Waals surface area contributed by atoms with Crippen molar-refractivity contribution in [1.82, 2.24) is 24.9 Å². The first kappa shape index (κ1) is 36.2. The Bertz CT molecular complexity index is 3230. The first-order valence-electron chi connectivity index (χ1n) is 20.2. The first-order valence-corrected chi connectivity index (χ1v) is 21.1. The number of aromatic nitrogens is 5. The maximum atomic E-state index is 5.16. The van der Waals surface area contributed by atoms with Gasteiger partial charge in [-0.25, -0.2) is 24.9 Å². The predicted octanol–water partition coefficient (Wildman–Crippen LogP) is 14.4. The molecule has 6 heteroatoms. The summed E-state index contributed by atoms with van der Waals surface area (Å²) in [6.45, 7) is 0. The topological polar surface area (TPSA) is 64.5 Å². The van der Waals surface area contributed by atoms with Crippen molar-refractivity contribution < 1.29 is 0 Å². The fourth-order valence-electron chi connectivity index (χ4n) is 7.90. The quantitative estimate of drug-likeness (QED) is 0.153. The van der Waals surface area contributed by atoms with Gasteiger partial charge in [0.25, 0.3) is 0 Å². The minimum absolute atomic E-state index is 0.622. The fraction of sp³-hybridized carbons (Fsp3) is 0. The van der Waals surface area contributed by atoms with Crippen LogP contribution in [0.2, 0.25) is 0 Å². The van der Waals surface area contributed by atoms with E-state index in [-0.39, 0.29) is 0 Å². The highest BCUT2D eigenvalue weighted by Crippen LogP contribution is 2.44. The molecule has 0 N–H and O–H groups in total. The molecule has 5 nitrogen and oxygen atoms in total. The minimum Gasteiger partial charge on any atom is -0.228 e. The smallest absolute Gasteiger partial charge is 0.164 e. The molecule has 61 heavy (non-hydrogen) atoms. The molecule has 0 saturated carbocycles. The van der Waals surface area contributed by atoms with E-state index in [4.69, 9.17) is 24.9 Å². The Hall–Kier alpha value is -7.93. The molecule has 0 aliphatic heterocycles. The van der Waals surface area contributed by atoms with E-state index in [1.54, 1.807) is 0 Å². The zero-order valence-corrected chi connectivity index (χ0v) is 33.7. The molecule has 11 rings (SSSR count). The van der Waals surface area contributed by atoms with Gasteiger partial charge >= 0.3 is 0 Å². The summed E-state index contributed by atoms with van der Waals surface area (Å²) in [6.07, 6.45) is 0. The zero-order valence-electron chi connectivity index (χ0n) is 32.9. The Morgan fingerprint density at radius 1 is 0.262 bits per heavy atom. The van der Waals surface area contributed by atoms with Crippen LogP contribution in [0.4, 0.5) is 0 Å². The van der Waals surface area contributed by atoms with Crippen molar-refractivity contribution in [1.29, 1.82) is 0 Å². The Kier molecular flexibility index (Phi) is 9.30. The van der Waals surface area contributed by atoms with Crippen LogP contribution in [0.15, 0.2) is 212 Å². The van der Waals surface area contributed by atoms with E-state index < -0.39 is 0 Å². The Morgan fingerprint density at radius 3 is 1.26 bits per heavy atom. The van der Waals surface area contributed by atoms with Crippen LogP contribution in [0.5, 0.6) is 0 Å². The molecule has 0 fully saturated rings. The molecule has 0 bridgehead atoms. The van der Waals surface area contributed by atoms with E-state index in [2.05, 4.69) is 115 Å². The summed E-state index contributed by atoms with van der Waals surface area (Å²) in [5.41, 5.74) is 12.0. The van der Waals surface area contributed by atoms with Gasteiger partial charge < -0.3 is 0 Å². The number of hydrogen-bond acceptors (Lipinski definition) is 6. The number of rotatable bonds is 8. The van der Waals surface area contributed by atoms with Crippen molar-refractivity contribution in [3.05, 3.63) is 212 Å². The van der Waals surface area contributed by atoms with E-state index in [1.165, 1.54) is 20.2 Å². The highest BCUT2D eigenvalue weighted by molar-refractivity contribution is 7.26. The van der Waals surface area contributed by atoms with Crippen molar-refractivity contribution in [3.63, 3.8) is 0 Å². The second-order valence-electron chi connectivity index (χ2n) is 14.9. The molecule has 0 radical (unpaired) electrons. The molecule has 11 aromatic rings. The van der Waals surface area contributed by atoms with Gasteiger partial charge in [0.1, 0.15) is 0 Å². The maximum Gasteiger partial charge on any atom is 0.164 e. The third-order valence-electron chi connectivity index (χ3n) is 10.9. The summed E-state index contributed by atoms with van der Waals surface area (Å²) in [4.78, 5) is 25.3. The highest BCUT2D eigenvalue weighted by Gasteiger charge is 2.18. The standard InChI is InChI=1S/C55H35N5S/c1-5-17-36(18-6-1)48-35-49(37-19-7-2-8-20-37)57-54(56-48)43-28-16-26-41(32-43)46-33-44(34-47-45-29-13-14-30-50(45)61-51(46)47)40-25-15-27-42(31-40)55-59-52(38-21-9-3-10-22-38)58-53(60-55)39-23-11-4-12-24-39/h1-35H. The Morgan fingerprint density at radius 2 is 0.689 bits per heavy atom. The van der Waals surface area contributed by atoms with Crippen LogP contribution in [0.1, 0.15) is 0 Å². The van der Waals surface area contributed by atoms with Gasteiger partial charge in [-0.1, -0.05) is 176 Å². The first-order chi connectivity index (χ1) is 30.2. The molecule has 0 spiro atoms. The molecular formula is C55H35N5S. The lowest BCUT2D eigenvalue weighted by molar-refractivity contribution is 1.07. The molecule has 0 aliphatic rings. The van der Waals surface area contributed by atoms with Crippen LogP contribution in [0, 0.1) is 0 Å². The van der Waals surface area contributed by atoms with Crippen molar-refractivity contribution >= 4 is 31.5 Å². The lowest BCUT2D eigenvalue weighted by Crippen LogP contribution is -2.00. The predicted molar refractivity (Wildman–Crippen MR) is 252 cm³/mol. The molecule has 3 aromatic heterocycles. The van der Waals surface area contributed by atoms with Crippen molar-refractivity contribution in [2.24, 2.45) is 0 Å². The largest absolute Gasteiger partial charge is 0.228 e. The molecular weight excluding hydrogens is 763 g/mol. The van der Waals surface area contributed by atoms with Gasteiger partial charge in [0.2, 0.25) is 0 Å². The summed E-state index contributed by atoms with van der Waals surface area (Å²) >= 11 is 1.83. The van der Waals surface area contributed by atoms with Gasteiger partial charge in [0.15, 0.2) is 23.3 Å². The Balaban J connectivity index is 1.06. The summed E-state index contributed by atoms with van der Waals surface area (Å²) in [6, 6.07) is 73.5. The number of fused-ring (bicyclic) bond motifs is 3. The summed E-state index contributed by atoms with van der Waals surface area (Å²) < 4.78 is 2.49. The van der Waals surface area contributed by atoms with Gasteiger partial charge in [-0.2, -0.15) is 0 Å². The highest BCUT2D eigenvalue weighted by atomic mass is 32.1. The van der Waals surface area contributed by atoms with Gasteiger partial charge in [0.05, 0.1) is 11.4 Å². The SMILES string of the molecule is c1ccc(-c2cc(-c3ccccc3)nc(-c3cccc(-c4cc(-c5cccc(-c6nc(-c7ccccc7)nc(-c7ccccc7)n6)c5)cc5c4sc4ccccc45)c3)n2)cc1. The average Bonchev–Trinajstić information content (AvgIpc) is 3.73. The molecule has 3 heterocycles. The average molecular weight is 798 g/mol. The van der Waals surface area contributed by atoms with Crippen molar-refractivity contribution in [3.8, 4) is 90.3 Å². The van der Waals surface area contributed by atoms with Crippen LogP contribution in [0.3, 0.4) is 0 Å². The number of nitrogens with zero attached hydrogens (tertiary/aromatic N) is 5. The lowest BCUT2D eigenvalue weighted by Gasteiger charge is -2.13. The van der Waals surface area contributed by atoms with Gasteiger partial charge in [0, 0.05) is 59.1 Å². The summed E-state index contributed by atoms with van der Waals surface area (Å²) in [7, 11) is 0. The molecule has 8 aromatic carbocycles. The zero-order chi connectivity index (χ0) is 40.5. The third kappa shape index (κ3) is 7.16. The minimum atomic E-state index is 0.622. The summed E-state index contributed by atoms with van der Waals surface area (Å²) in [5, 5.41) is 2.46. The van der Waals surface area contributed by atoms with Gasteiger partial charge in [-0.05, 0) is 53.1 Å². The summed E-state index contributed by atoms with van der Waals surface area (Å²) in [5.74, 6) is 2.58. The molecule has 286 valence electrons. The van der Waals surface area contributed by atoms with Crippen LogP contribution >= 0.6 is 11.3 Å². The monoisotopic (exact) mass is 797 g/mol.